The van der Waals surface area contributed by atoms with Gasteiger partial charge in [-0.1, -0.05) is 0 Å². The lowest BCUT2D eigenvalue weighted by molar-refractivity contribution is 0.249. The van der Waals surface area contributed by atoms with Crippen LogP contribution in [0.25, 0.3) is 11.3 Å². The zero-order valence-electron chi connectivity index (χ0n) is 16.5. The number of methoxy groups -OCH3 is 2. The molecule has 2 aliphatic heterocycles. The Kier molecular flexibility index (Phi) is 5.50. The van der Waals surface area contributed by atoms with Crippen LogP contribution in [0.4, 0.5) is 5.82 Å². The van der Waals surface area contributed by atoms with Crippen LogP contribution in [0.15, 0.2) is 23.0 Å². The molecule has 1 aromatic carbocycles. The molecule has 0 aliphatic carbocycles. The maximum Gasteiger partial charge on any atom is 0.349 e. The van der Waals surface area contributed by atoms with E-state index in [-0.39, 0.29) is 5.69 Å². The predicted molar refractivity (Wildman–Crippen MR) is 109 cm³/mol. The minimum Gasteiger partial charge on any atom is -0.493 e. The Morgan fingerprint density at radius 2 is 1.86 bits per heavy atom. The Morgan fingerprint density at radius 3 is 2.61 bits per heavy atom. The van der Waals surface area contributed by atoms with Crippen molar-refractivity contribution in [1.82, 2.24) is 19.8 Å². The standard InChI is InChI=1S/C20H27N5O3/c1-27-17-11-14-3-7-25-16(15(14)12-18(17)28-2)13-19(23-20(25)26)22-6-10-24-8-4-21-5-9-24/h11-13,21H,3-10H2,1-2H3,(H,22,23,26). The van der Waals surface area contributed by atoms with Gasteiger partial charge in [-0.3, -0.25) is 9.47 Å². The largest absolute Gasteiger partial charge is 0.493 e. The van der Waals surface area contributed by atoms with E-state index in [1.807, 2.05) is 18.2 Å². The van der Waals surface area contributed by atoms with Crippen molar-refractivity contribution < 1.29 is 9.47 Å². The number of hydrogen-bond donors (Lipinski definition) is 2. The number of hydrogen-bond acceptors (Lipinski definition) is 7. The SMILES string of the molecule is COc1cc2c(cc1OC)-c1cc(NCCN3CCNCC3)nc(=O)n1CC2. The van der Waals surface area contributed by atoms with E-state index in [0.29, 0.717) is 23.9 Å². The normalized spacial score (nSPS) is 16.2. The highest BCUT2D eigenvalue weighted by atomic mass is 16.5. The van der Waals surface area contributed by atoms with E-state index in [1.54, 1.807) is 18.8 Å². The maximum atomic E-state index is 12.6. The van der Waals surface area contributed by atoms with Crippen LogP contribution < -0.4 is 25.8 Å². The first-order valence-corrected chi connectivity index (χ1v) is 9.73. The van der Waals surface area contributed by atoms with Crippen LogP contribution in [0, 0.1) is 0 Å². The third kappa shape index (κ3) is 3.70. The molecule has 0 saturated carbocycles. The molecular formula is C20H27N5O3. The summed E-state index contributed by atoms with van der Waals surface area (Å²) in [7, 11) is 3.26. The number of nitrogens with one attached hydrogen (secondary N) is 2. The number of anilines is 1. The fraction of sp³-hybridized carbons (Fsp3) is 0.500. The third-order valence-electron chi connectivity index (χ3n) is 5.45. The summed E-state index contributed by atoms with van der Waals surface area (Å²) in [6.07, 6.45) is 0.764. The molecule has 8 nitrogen and oxygen atoms in total. The zero-order chi connectivity index (χ0) is 19.5. The Morgan fingerprint density at radius 1 is 1.11 bits per heavy atom. The smallest absolute Gasteiger partial charge is 0.349 e. The van der Waals surface area contributed by atoms with Crippen molar-refractivity contribution >= 4 is 5.82 Å². The first-order chi connectivity index (χ1) is 13.7. The summed E-state index contributed by atoms with van der Waals surface area (Å²) < 4.78 is 12.6. The molecule has 28 heavy (non-hydrogen) atoms. The molecule has 1 fully saturated rings. The minimum atomic E-state index is -0.220. The van der Waals surface area contributed by atoms with Crippen LogP contribution in [0.3, 0.4) is 0 Å². The molecule has 0 amide bonds. The van der Waals surface area contributed by atoms with Crippen molar-refractivity contribution in [2.75, 3.05) is 58.8 Å². The van der Waals surface area contributed by atoms with E-state index in [9.17, 15) is 4.79 Å². The summed E-state index contributed by atoms with van der Waals surface area (Å²) in [5.41, 5.74) is 2.79. The van der Waals surface area contributed by atoms with Gasteiger partial charge in [-0.05, 0) is 24.1 Å². The summed E-state index contributed by atoms with van der Waals surface area (Å²) in [6, 6.07) is 5.91. The Labute approximate surface area is 164 Å². The zero-order valence-corrected chi connectivity index (χ0v) is 16.5. The number of rotatable bonds is 6. The summed E-state index contributed by atoms with van der Waals surface area (Å²) in [6.45, 7) is 6.47. The van der Waals surface area contributed by atoms with Gasteiger partial charge in [0.15, 0.2) is 11.5 Å². The summed E-state index contributed by atoms with van der Waals surface area (Å²) in [5.74, 6) is 1.99. The summed E-state index contributed by atoms with van der Waals surface area (Å²) in [4.78, 5) is 19.2. The molecule has 0 radical (unpaired) electrons. The molecular weight excluding hydrogens is 358 g/mol. The molecule has 0 unspecified atom stereocenters. The number of ether oxygens (including phenoxy) is 2. The number of fused-ring (bicyclic) bond motifs is 3. The lowest BCUT2D eigenvalue weighted by Crippen LogP contribution is -2.45. The third-order valence-corrected chi connectivity index (χ3v) is 5.45. The van der Waals surface area contributed by atoms with Crippen molar-refractivity contribution in [2.24, 2.45) is 0 Å². The molecule has 2 aliphatic rings. The number of aryl methyl sites for hydroxylation is 1. The average molecular weight is 385 g/mol. The van der Waals surface area contributed by atoms with Crippen LogP contribution in [-0.2, 0) is 13.0 Å². The van der Waals surface area contributed by atoms with Gasteiger partial charge in [0.2, 0.25) is 0 Å². The number of piperazine rings is 1. The van der Waals surface area contributed by atoms with Crippen LogP contribution in [0.1, 0.15) is 5.56 Å². The molecule has 8 heteroatoms. The fourth-order valence-corrected chi connectivity index (χ4v) is 3.91. The number of aromatic nitrogens is 2. The van der Waals surface area contributed by atoms with E-state index >= 15 is 0 Å². The average Bonchev–Trinajstić information content (AvgIpc) is 2.73. The van der Waals surface area contributed by atoms with Crippen LogP contribution in [0.5, 0.6) is 11.5 Å². The molecule has 0 bridgehead atoms. The van der Waals surface area contributed by atoms with E-state index in [0.717, 1.165) is 62.5 Å². The molecule has 1 aromatic heterocycles. The van der Waals surface area contributed by atoms with Gasteiger partial charge in [0.25, 0.3) is 0 Å². The Balaban J connectivity index is 1.58. The van der Waals surface area contributed by atoms with Crippen LogP contribution in [0.2, 0.25) is 0 Å². The van der Waals surface area contributed by atoms with Crippen molar-refractivity contribution in [3.8, 4) is 22.8 Å². The van der Waals surface area contributed by atoms with Crippen LogP contribution in [-0.4, -0.2) is 67.9 Å². The first-order valence-electron chi connectivity index (χ1n) is 9.73. The maximum absolute atomic E-state index is 12.6. The van der Waals surface area contributed by atoms with Crippen LogP contribution >= 0.6 is 0 Å². The van der Waals surface area contributed by atoms with E-state index < -0.39 is 0 Å². The second-order valence-corrected chi connectivity index (χ2v) is 7.09. The van der Waals surface area contributed by atoms with Gasteiger partial charge in [-0.25, -0.2) is 4.79 Å². The minimum absolute atomic E-state index is 0.220. The Hall–Kier alpha value is -2.58. The van der Waals surface area contributed by atoms with Crippen molar-refractivity contribution in [3.05, 3.63) is 34.2 Å². The van der Waals surface area contributed by atoms with E-state index in [1.165, 1.54) is 0 Å². The second kappa shape index (κ2) is 8.20. The summed E-state index contributed by atoms with van der Waals surface area (Å²) >= 11 is 0. The molecule has 0 spiro atoms. The van der Waals surface area contributed by atoms with Gasteiger partial charge in [0.1, 0.15) is 5.82 Å². The highest BCUT2D eigenvalue weighted by Crippen LogP contribution is 2.38. The molecule has 1 saturated heterocycles. The molecule has 3 heterocycles. The fourth-order valence-electron chi connectivity index (χ4n) is 3.91. The van der Waals surface area contributed by atoms with Gasteiger partial charge in [0.05, 0.1) is 19.9 Å². The number of benzene rings is 1. The Bertz CT molecular complexity index is 905. The quantitative estimate of drug-likeness (QED) is 0.761. The molecule has 150 valence electrons. The van der Waals surface area contributed by atoms with Crippen molar-refractivity contribution in [3.63, 3.8) is 0 Å². The molecule has 4 rings (SSSR count). The second-order valence-electron chi connectivity index (χ2n) is 7.09. The van der Waals surface area contributed by atoms with Gasteiger partial charge >= 0.3 is 5.69 Å². The van der Waals surface area contributed by atoms with E-state index in [2.05, 4.69) is 20.5 Å². The van der Waals surface area contributed by atoms with Gasteiger partial charge in [-0.2, -0.15) is 4.98 Å². The molecule has 0 atom stereocenters. The van der Waals surface area contributed by atoms with Crippen molar-refractivity contribution in [1.29, 1.82) is 0 Å². The van der Waals surface area contributed by atoms with Gasteiger partial charge in [-0.15, -0.1) is 0 Å². The molecule has 2 N–H and O–H groups in total. The van der Waals surface area contributed by atoms with E-state index in [4.69, 9.17) is 9.47 Å². The van der Waals surface area contributed by atoms with Gasteiger partial charge < -0.3 is 20.1 Å². The lowest BCUT2D eigenvalue weighted by Gasteiger charge is -2.27. The number of nitrogens with zero attached hydrogens (tertiary/aromatic N) is 3. The highest BCUT2D eigenvalue weighted by molar-refractivity contribution is 5.71. The van der Waals surface area contributed by atoms with Gasteiger partial charge in [0, 0.05) is 57.4 Å². The summed E-state index contributed by atoms with van der Waals surface area (Å²) in [5, 5.41) is 6.68. The topological polar surface area (TPSA) is 80.7 Å². The van der Waals surface area contributed by atoms with Crippen molar-refractivity contribution in [2.45, 2.75) is 13.0 Å². The highest BCUT2D eigenvalue weighted by Gasteiger charge is 2.21. The lowest BCUT2D eigenvalue weighted by atomic mass is 9.97. The monoisotopic (exact) mass is 385 g/mol. The predicted octanol–water partition coefficient (Wildman–Crippen LogP) is 0.801. The first kappa shape index (κ1) is 18.8. The molecule has 2 aromatic rings.